The maximum atomic E-state index is 11.1. The lowest BCUT2D eigenvalue weighted by molar-refractivity contribution is -0.385. The fourth-order valence-electron chi connectivity index (χ4n) is 1.68. The second kappa shape index (κ2) is 4.33. The summed E-state index contributed by atoms with van der Waals surface area (Å²) < 4.78 is 0. The molecule has 0 unspecified atom stereocenters. The van der Waals surface area contributed by atoms with Crippen LogP contribution in [0.3, 0.4) is 0 Å². The molecule has 0 aliphatic heterocycles. The Kier molecular flexibility index (Phi) is 3.43. The summed E-state index contributed by atoms with van der Waals surface area (Å²) in [5.74, 6) is -1.20. The van der Waals surface area contributed by atoms with Crippen LogP contribution in [0.4, 0.5) is 5.69 Å². The highest BCUT2D eigenvalue weighted by atomic mass is 35.5. The highest BCUT2D eigenvalue weighted by molar-refractivity contribution is 6.33. The van der Waals surface area contributed by atoms with Crippen molar-refractivity contribution in [2.75, 3.05) is 0 Å². The van der Waals surface area contributed by atoms with E-state index in [4.69, 9.17) is 16.7 Å². The van der Waals surface area contributed by atoms with Crippen LogP contribution < -0.4 is 0 Å². The molecule has 0 radical (unpaired) electrons. The number of aromatic carboxylic acids is 1. The molecule has 0 aliphatic carbocycles. The molecule has 1 rings (SSSR count). The predicted octanol–water partition coefficient (Wildman–Crippen LogP) is 3.24. The van der Waals surface area contributed by atoms with Gasteiger partial charge in [0.1, 0.15) is 5.02 Å². The van der Waals surface area contributed by atoms with Crippen LogP contribution in [0.25, 0.3) is 0 Å². The van der Waals surface area contributed by atoms with Crippen molar-refractivity contribution >= 4 is 23.3 Å². The molecule has 0 saturated carbocycles. The van der Waals surface area contributed by atoms with Crippen LogP contribution in [0.1, 0.15) is 36.7 Å². The molecule has 0 atom stereocenters. The summed E-state index contributed by atoms with van der Waals surface area (Å²) in [7, 11) is 0. The first-order valence-electron chi connectivity index (χ1n) is 4.87. The lowest BCUT2D eigenvalue weighted by atomic mass is 9.82. The second-order valence-corrected chi connectivity index (χ2v) is 5.04. The van der Waals surface area contributed by atoms with Crippen LogP contribution in [-0.2, 0) is 5.41 Å². The number of nitro groups is 1. The van der Waals surface area contributed by atoms with Crippen LogP contribution >= 0.6 is 11.6 Å². The third-order valence-electron chi connectivity index (χ3n) is 2.29. The highest BCUT2D eigenvalue weighted by Gasteiger charge is 2.32. The summed E-state index contributed by atoms with van der Waals surface area (Å²) in [5, 5.41) is 20.0. The van der Waals surface area contributed by atoms with Crippen molar-refractivity contribution in [2.45, 2.75) is 26.2 Å². The zero-order chi connectivity index (χ0) is 13.4. The molecule has 5 nitrogen and oxygen atoms in total. The van der Waals surface area contributed by atoms with E-state index < -0.39 is 16.3 Å². The van der Waals surface area contributed by atoms with Crippen molar-refractivity contribution in [1.29, 1.82) is 0 Å². The van der Waals surface area contributed by atoms with Gasteiger partial charge in [-0.15, -0.1) is 0 Å². The molecule has 6 heteroatoms. The third kappa shape index (κ3) is 2.55. The van der Waals surface area contributed by atoms with Crippen molar-refractivity contribution in [3.8, 4) is 0 Å². The highest BCUT2D eigenvalue weighted by Crippen LogP contribution is 2.38. The SMILES string of the molecule is CC(C)(C)c1c(C(=O)O)ccc(Cl)c1[N+](=O)[O-]. The van der Waals surface area contributed by atoms with Gasteiger partial charge in [-0.25, -0.2) is 4.79 Å². The molecule has 1 aromatic carbocycles. The summed E-state index contributed by atoms with van der Waals surface area (Å²) in [6.07, 6.45) is 0. The van der Waals surface area contributed by atoms with Crippen molar-refractivity contribution in [3.05, 3.63) is 38.4 Å². The van der Waals surface area contributed by atoms with Crippen molar-refractivity contribution < 1.29 is 14.8 Å². The minimum atomic E-state index is -1.20. The zero-order valence-corrected chi connectivity index (χ0v) is 10.4. The minimum absolute atomic E-state index is 0.0510. The van der Waals surface area contributed by atoms with Crippen LogP contribution in [-0.4, -0.2) is 16.0 Å². The van der Waals surface area contributed by atoms with Gasteiger partial charge in [-0.05, 0) is 17.5 Å². The van der Waals surface area contributed by atoms with Gasteiger partial charge in [-0.1, -0.05) is 32.4 Å². The van der Waals surface area contributed by atoms with E-state index in [9.17, 15) is 14.9 Å². The summed E-state index contributed by atoms with van der Waals surface area (Å²) in [4.78, 5) is 21.4. The van der Waals surface area contributed by atoms with Crippen LogP contribution in [0, 0.1) is 10.1 Å². The Hall–Kier alpha value is -1.62. The smallest absolute Gasteiger partial charge is 0.336 e. The Bertz CT molecular complexity index is 491. The Labute approximate surface area is 103 Å². The van der Waals surface area contributed by atoms with Crippen LogP contribution in [0.2, 0.25) is 5.02 Å². The summed E-state index contributed by atoms with van der Waals surface area (Å²) in [5.41, 5.74) is -0.962. The molecule has 1 N–H and O–H groups in total. The molecule has 17 heavy (non-hydrogen) atoms. The van der Waals surface area contributed by atoms with Gasteiger partial charge < -0.3 is 5.11 Å². The van der Waals surface area contributed by atoms with Gasteiger partial charge in [0.15, 0.2) is 0 Å². The molecule has 0 saturated heterocycles. The first-order valence-corrected chi connectivity index (χ1v) is 5.24. The Morgan fingerprint density at radius 2 is 1.94 bits per heavy atom. The van der Waals surface area contributed by atoms with Gasteiger partial charge in [0.05, 0.1) is 16.1 Å². The van der Waals surface area contributed by atoms with Crippen LogP contribution in [0.15, 0.2) is 12.1 Å². The molecule has 0 heterocycles. The Morgan fingerprint density at radius 1 is 1.41 bits per heavy atom. The van der Waals surface area contributed by atoms with Gasteiger partial charge >= 0.3 is 5.97 Å². The molecule has 92 valence electrons. The summed E-state index contributed by atoms with van der Waals surface area (Å²) >= 11 is 5.77. The molecular formula is C11H12ClNO4. The van der Waals surface area contributed by atoms with Crippen molar-refractivity contribution in [2.24, 2.45) is 0 Å². The van der Waals surface area contributed by atoms with Crippen molar-refractivity contribution in [1.82, 2.24) is 0 Å². The molecule has 1 aromatic rings. The van der Waals surface area contributed by atoms with Gasteiger partial charge in [0.2, 0.25) is 0 Å². The van der Waals surface area contributed by atoms with E-state index in [1.54, 1.807) is 20.8 Å². The topological polar surface area (TPSA) is 80.4 Å². The molecular weight excluding hydrogens is 246 g/mol. The quantitative estimate of drug-likeness (QED) is 0.651. The van der Waals surface area contributed by atoms with Crippen LogP contribution in [0.5, 0.6) is 0 Å². The normalized spacial score (nSPS) is 11.3. The van der Waals surface area contributed by atoms with Gasteiger partial charge in [-0.2, -0.15) is 0 Å². The maximum Gasteiger partial charge on any atom is 0.336 e. The van der Waals surface area contributed by atoms with Gasteiger partial charge in [-0.3, -0.25) is 10.1 Å². The number of rotatable bonds is 2. The standard InChI is InChI=1S/C11H12ClNO4/c1-11(2,3)8-6(10(14)15)4-5-7(12)9(8)13(16)17/h4-5H,1-3H3,(H,14,15). The van der Waals surface area contributed by atoms with E-state index in [0.717, 1.165) is 0 Å². The number of carboxylic acids is 1. The van der Waals surface area contributed by atoms with E-state index in [1.165, 1.54) is 12.1 Å². The zero-order valence-electron chi connectivity index (χ0n) is 9.65. The van der Waals surface area contributed by atoms with Crippen molar-refractivity contribution in [3.63, 3.8) is 0 Å². The number of halogens is 1. The lowest BCUT2D eigenvalue weighted by Crippen LogP contribution is -2.19. The first kappa shape index (κ1) is 13.4. The van der Waals surface area contributed by atoms with E-state index in [-0.39, 0.29) is 21.8 Å². The number of carbonyl (C=O) groups is 1. The second-order valence-electron chi connectivity index (χ2n) is 4.63. The van der Waals surface area contributed by atoms with E-state index in [2.05, 4.69) is 0 Å². The van der Waals surface area contributed by atoms with E-state index in [1.807, 2.05) is 0 Å². The molecule has 0 aliphatic rings. The lowest BCUT2D eigenvalue weighted by Gasteiger charge is -2.21. The average Bonchev–Trinajstić information content (AvgIpc) is 2.14. The molecule has 0 amide bonds. The molecule has 0 spiro atoms. The Balaban J connectivity index is 3.75. The average molecular weight is 258 g/mol. The Morgan fingerprint density at radius 3 is 2.29 bits per heavy atom. The molecule has 0 fully saturated rings. The van der Waals surface area contributed by atoms with Gasteiger partial charge in [0, 0.05) is 0 Å². The number of nitrogens with zero attached hydrogens (tertiary/aromatic N) is 1. The number of hydrogen-bond donors (Lipinski definition) is 1. The monoisotopic (exact) mass is 257 g/mol. The largest absolute Gasteiger partial charge is 0.478 e. The minimum Gasteiger partial charge on any atom is -0.478 e. The molecule has 0 aromatic heterocycles. The van der Waals surface area contributed by atoms with Gasteiger partial charge in [0.25, 0.3) is 5.69 Å². The summed E-state index contributed by atoms with van der Waals surface area (Å²) in [6, 6.07) is 2.52. The number of hydrogen-bond acceptors (Lipinski definition) is 3. The third-order valence-corrected chi connectivity index (χ3v) is 2.60. The maximum absolute atomic E-state index is 11.1. The molecule has 0 bridgehead atoms. The number of benzene rings is 1. The predicted molar refractivity (Wildman–Crippen MR) is 63.8 cm³/mol. The first-order chi connectivity index (χ1) is 7.66. The summed E-state index contributed by atoms with van der Waals surface area (Å²) in [6.45, 7) is 5.12. The number of nitro benzene ring substituents is 1. The fraction of sp³-hybridized carbons (Fsp3) is 0.364. The van der Waals surface area contributed by atoms with E-state index in [0.29, 0.717) is 0 Å². The fourth-order valence-corrected chi connectivity index (χ4v) is 1.91. The number of carboxylic acid groups (broad SMARTS) is 1. The van der Waals surface area contributed by atoms with E-state index >= 15 is 0 Å².